The van der Waals surface area contributed by atoms with Gasteiger partial charge >= 0.3 is 0 Å². The van der Waals surface area contributed by atoms with Gasteiger partial charge in [-0.25, -0.2) is 5.01 Å². The monoisotopic (exact) mass is 405 g/mol. The minimum atomic E-state index is 0.000650. The number of nitrogens with zero attached hydrogens (tertiary/aromatic N) is 3. The van der Waals surface area contributed by atoms with Gasteiger partial charge in [-0.2, -0.15) is 0 Å². The third kappa shape index (κ3) is 4.32. The molecular formula is C22H39N5O2. The van der Waals surface area contributed by atoms with Crippen molar-refractivity contribution in [3.63, 3.8) is 0 Å². The second-order valence-corrected chi connectivity index (χ2v) is 9.35. The predicted octanol–water partition coefficient (Wildman–Crippen LogP) is 1.20. The minimum absolute atomic E-state index is 0.000650. The molecule has 4 rings (SSSR count). The summed E-state index contributed by atoms with van der Waals surface area (Å²) in [7, 11) is 0. The van der Waals surface area contributed by atoms with Gasteiger partial charge in [0.2, 0.25) is 11.8 Å². The van der Waals surface area contributed by atoms with Crippen LogP contribution in [-0.4, -0.2) is 84.0 Å². The molecule has 4 fully saturated rings. The molecule has 4 unspecified atom stereocenters. The number of rotatable bonds is 6. The molecule has 0 bridgehead atoms. The first-order valence-corrected chi connectivity index (χ1v) is 11.9. The number of hydrazine groups is 1. The van der Waals surface area contributed by atoms with Crippen molar-refractivity contribution in [2.75, 3.05) is 39.3 Å². The predicted molar refractivity (Wildman–Crippen MR) is 113 cm³/mol. The summed E-state index contributed by atoms with van der Waals surface area (Å²) in [5, 5.41) is 5.44. The summed E-state index contributed by atoms with van der Waals surface area (Å²) >= 11 is 0. The number of piperazine rings is 1. The molecule has 3 saturated heterocycles. The number of nitrogens with one attached hydrogen (secondary N) is 2. The molecule has 4 atom stereocenters. The van der Waals surface area contributed by atoms with Gasteiger partial charge in [0.1, 0.15) is 6.04 Å². The van der Waals surface area contributed by atoms with E-state index in [9.17, 15) is 9.59 Å². The lowest BCUT2D eigenvalue weighted by molar-refractivity contribution is -0.155. The number of fused-ring (bicyclic) bond motifs is 3. The van der Waals surface area contributed by atoms with E-state index in [0.29, 0.717) is 6.04 Å². The van der Waals surface area contributed by atoms with Crippen LogP contribution in [-0.2, 0) is 9.59 Å². The Morgan fingerprint density at radius 1 is 1.07 bits per heavy atom. The lowest BCUT2D eigenvalue weighted by Crippen LogP contribution is -2.68. The molecule has 1 saturated carbocycles. The smallest absolute Gasteiger partial charge is 0.241 e. The molecule has 4 aliphatic rings. The fourth-order valence-corrected chi connectivity index (χ4v) is 6.08. The molecule has 0 aromatic carbocycles. The van der Waals surface area contributed by atoms with Crippen LogP contribution < -0.4 is 10.7 Å². The van der Waals surface area contributed by atoms with Crippen LogP contribution in [0, 0.1) is 11.8 Å². The van der Waals surface area contributed by atoms with Gasteiger partial charge in [0, 0.05) is 37.6 Å². The summed E-state index contributed by atoms with van der Waals surface area (Å²) in [6, 6.07) is 0.519. The van der Waals surface area contributed by atoms with E-state index in [1.165, 1.54) is 25.9 Å². The van der Waals surface area contributed by atoms with Gasteiger partial charge in [-0.05, 0) is 77.4 Å². The molecule has 164 valence electrons. The van der Waals surface area contributed by atoms with Gasteiger partial charge in [0.05, 0.1) is 0 Å². The van der Waals surface area contributed by atoms with Crippen molar-refractivity contribution in [2.45, 2.75) is 76.9 Å². The second kappa shape index (κ2) is 9.31. The zero-order valence-electron chi connectivity index (χ0n) is 18.2. The van der Waals surface area contributed by atoms with Crippen LogP contribution in [0.5, 0.6) is 0 Å². The van der Waals surface area contributed by atoms with E-state index >= 15 is 0 Å². The molecular weight excluding hydrogens is 366 g/mol. The maximum atomic E-state index is 12.9. The molecule has 0 radical (unpaired) electrons. The number of likely N-dealkylation sites (N-methyl/N-ethyl adjacent to an activating group) is 1. The molecule has 29 heavy (non-hydrogen) atoms. The summed E-state index contributed by atoms with van der Waals surface area (Å²) in [4.78, 5) is 30.3. The van der Waals surface area contributed by atoms with E-state index in [2.05, 4.69) is 39.4 Å². The molecule has 3 aliphatic heterocycles. The van der Waals surface area contributed by atoms with Crippen LogP contribution in [0.1, 0.15) is 58.8 Å². The van der Waals surface area contributed by atoms with Crippen LogP contribution in [0.4, 0.5) is 0 Å². The van der Waals surface area contributed by atoms with Crippen molar-refractivity contribution in [1.82, 2.24) is 25.6 Å². The lowest BCUT2D eigenvalue weighted by Gasteiger charge is -2.51. The van der Waals surface area contributed by atoms with E-state index < -0.39 is 0 Å². The van der Waals surface area contributed by atoms with Gasteiger partial charge in [-0.3, -0.25) is 15.0 Å². The molecule has 0 aromatic heterocycles. The first kappa shape index (κ1) is 21.1. The van der Waals surface area contributed by atoms with E-state index in [4.69, 9.17) is 0 Å². The summed E-state index contributed by atoms with van der Waals surface area (Å²) in [6.07, 6.45) is 7.24. The molecule has 2 N–H and O–H groups in total. The van der Waals surface area contributed by atoms with Gasteiger partial charge in [-0.15, -0.1) is 0 Å². The van der Waals surface area contributed by atoms with Crippen molar-refractivity contribution in [3.05, 3.63) is 0 Å². The fraction of sp³-hybridized carbons (Fsp3) is 0.909. The maximum absolute atomic E-state index is 12.9. The zero-order valence-corrected chi connectivity index (χ0v) is 18.2. The Balaban J connectivity index is 1.27. The number of hydrogen-bond acceptors (Lipinski definition) is 5. The highest BCUT2D eigenvalue weighted by molar-refractivity contribution is 5.84. The van der Waals surface area contributed by atoms with E-state index in [-0.39, 0.29) is 29.8 Å². The first-order valence-electron chi connectivity index (χ1n) is 11.9. The molecule has 7 heteroatoms. The van der Waals surface area contributed by atoms with Gasteiger partial charge in [0.15, 0.2) is 0 Å². The van der Waals surface area contributed by atoms with Crippen LogP contribution in [0.25, 0.3) is 0 Å². The van der Waals surface area contributed by atoms with Crippen LogP contribution in [0.2, 0.25) is 0 Å². The molecule has 3 heterocycles. The number of piperidine rings is 1. The normalized spacial score (nSPS) is 34.1. The number of carbonyl (C=O) groups is 2. The Morgan fingerprint density at radius 3 is 2.59 bits per heavy atom. The summed E-state index contributed by atoms with van der Waals surface area (Å²) in [5.41, 5.74) is 3.44. The molecule has 1 aliphatic carbocycles. The van der Waals surface area contributed by atoms with Gasteiger partial charge < -0.3 is 15.1 Å². The number of likely N-dealkylation sites (tertiary alicyclic amines) is 1. The molecule has 0 aromatic rings. The number of hydrogen-bond donors (Lipinski definition) is 2. The topological polar surface area (TPSA) is 67.9 Å². The minimum Gasteiger partial charge on any atom is -0.356 e. The molecule has 7 nitrogen and oxygen atoms in total. The Morgan fingerprint density at radius 2 is 1.86 bits per heavy atom. The number of carbonyl (C=O) groups excluding carboxylic acids is 2. The average Bonchev–Trinajstić information content (AvgIpc) is 3.25. The SMILES string of the molecule is CCN1CCC(CCNC(=O)C2CCC3C(C2)N(CC)C(=O)C2CCNN23)CC1. The number of amides is 2. The fourth-order valence-electron chi connectivity index (χ4n) is 6.08. The highest BCUT2D eigenvalue weighted by atomic mass is 16.2. The summed E-state index contributed by atoms with van der Waals surface area (Å²) in [5.74, 6) is 1.24. The van der Waals surface area contributed by atoms with Gasteiger partial charge in [-0.1, -0.05) is 6.92 Å². The van der Waals surface area contributed by atoms with Crippen LogP contribution in [0.15, 0.2) is 0 Å². The van der Waals surface area contributed by atoms with Crippen molar-refractivity contribution in [2.24, 2.45) is 11.8 Å². The Bertz CT molecular complexity index is 592. The maximum Gasteiger partial charge on any atom is 0.241 e. The van der Waals surface area contributed by atoms with Crippen molar-refractivity contribution >= 4 is 11.8 Å². The standard InChI is InChI=1S/C22H39N5O2/c1-3-25-13-9-16(10-14-25)7-11-23-21(28)17-5-6-18-20(15-17)26(4-2)22(29)19-8-12-24-27(18)19/h16-20,24H,3-15H2,1-2H3,(H,23,28). The first-order chi connectivity index (χ1) is 14.1. The third-order valence-corrected chi connectivity index (χ3v) is 7.87. The quantitative estimate of drug-likeness (QED) is 0.695. The Kier molecular flexibility index (Phi) is 6.76. The third-order valence-electron chi connectivity index (χ3n) is 7.87. The van der Waals surface area contributed by atoms with E-state index in [0.717, 1.165) is 64.2 Å². The van der Waals surface area contributed by atoms with Crippen LogP contribution >= 0.6 is 0 Å². The summed E-state index contributed by atoms with van der Waals surface area (Å²) in [6.45, 7) is 10.3. The average molecular weight is 406 g/mol. The molecule has 2 amide bonds. The molecule has 0 spiro atoms. The summed E-state index contributed by atoms with van der Waals surface area (Å²) < 4.78 is 0. The van der Waals surface area contributed by atoms with Crippen LogP contribution in [0.3, 0.4) is 0 Å². The Hall–Kier alpha value is -1.18. The van der Waals surface area contributed by atoms with E-state index in [1.54, 1.807) is 0 Å². The highest BCUT2D eigenvalue weighted by Gasteiger charge is 2.50. The highest BCUT2D eigenvalue weighted by Crippen LogP contribution is 2.37. The second-order valence-electron chi connectivity index (χ2n) is 9.35. The lowest BCUT2D eigenvalue weighted by atomic mass is 9.78. The van der Waals surface area contributed by atoms with Gasteiger partial charge in [0.25, 0.3) is 0 Å². The Labute approximate surface area is 175 Å². The van der Waals surface area contributed by atoms with Crippen molar-refractivity contribution in [3.8, 4) is 0 Å². The largest absolute Gasteiger partial charge is 0.356 e. The zero-order chi connectivity index (χ0) is 20.4. The van der Waals surface area contributed by atoms with Crippen molar-refractivity contribution in [1.29, 1.82) is 0 Å². The van der Waals surface area contributed by atoms with E-state index in [1.807, 2.05) is 0 Å². The van der Waals surface area contributed by atoms with Crippen molar-refractivity contribution < 1.29 is 9.59 Å².